The van der Waals surface area contributed by atoms with Crippen molar-refractivity contribution >= 4 is 28.6 Å². The van der Waals surface area contributed by atoms with Crippen LogP contribution in [0.2, 0.25) is 0 Å². The van der Waals surface area contributed by atoms with Crippen molar-refractivity contribution in [3.8, 4) is 0 Å². The molecule has 1 aliphatic heterocycles. The Morgan fingerprint density at radius 1 is 1.30 bits per heavy atom. The number of nitrogens with zero attached hydrogens (tertiary/aromatic N) is 2. The molecule has 1 aromatic heterocycles. The Balaban J connectivity index is 1.34. The van der Waals surface area contributed by atoms with Gasteiger partial charge >= 0.3 is 6.03 Å². The standard InChI is InChI=1S/C21H27N3O3/c1-14-9-16-11-17(7-8-19(16)27-14)22-21(26)23(2)12-15-10-20(25)24(13-15)18-5-3-4-6-18/h7-9,11,15,18H,3-6,10,12-13H2,1-2H3,(H,22,26). The lowest BCUT2D eigenvalue weighted by Crippen LogP contribution is -2.37. The van der Waals surface area contributed by atoms with Gasteiger partial charge in [0.05, 0.1) is 0 Å². The Kier molecular flexibility index (Phi) is 4.81. The van der Waals surface area contributed by atoms with Crippen LogP contribution >= 0.6 is 0 Å². The lowest BCUT2D eigenvalue weighted by atomic mass is 10.1. The van der Waals surface area contributed by atoms with Gasteiger partial charge in [-0.3, -0.25) is 4.79 Å². The molecule has 27 heavy (non-hydrogen) atoms. The van der Waals surface area contributed by atoms with E-state index in [1.54, 1.807) is 11.9 Å². The predicted molar refractivity (Wildman–Crippen MR) is 105 cm³/mol. The van der Waals surface area contributed by atoms with Crippen molar-refractivity contribution in [1.29, 1.82) is 0 Å². The van der Waals surface area contributed by atoms with E-state index >= 15 is 0 Å². The van der Waals surface area contributed by atoms with Crippen LogP contribution in [-0.4, -0.2) is 47.9 Å². The monoisotopic (exact) mass is 369 g/mol. The van der Waals surface area contributed by atoms with Crippen molar-refractivity contribution in [1.82, 2.24) is 9.80 Å². The zero-order valence-corrected chi connectivity index (χ0v) is 16.0. The van der Waals surface area contributed by atoms with Gasteiger partial charge in [-0.2, -0.15) is 0 Å². The lowest BCUT2D eigenvalue weighted by Gasteiger charge is -2.25. The van der Waals surface area contributed by atoms with Gasteiger partial charge in [-0.1, -0.05) is 12.8 Å². The number of aryl methyl sites for hydroxylation is 1. The Morgan fingerprint density at radius 3 is 2.85 bits per heavy atom. The average Bonchev–Trinajstić information content (AvgIpc) is 3.33. The van der Waals surface area contributed by atoms with Gasteiger partial charge in [-0.25, -0.2) is 4.79 Å². The van der Waals surface area contributed by atoms with Crippen molar-refractivity contribution < 1.29 is 14.0 Å². The highest BCUT2D eigenvalue weighted by Crippen LogP contribution is 2.30. The molecule has 1 N–H and O–H groups in total. The number of furan rings is 1. The fourth-order valence-electron chi connectivity index (χ4n) is 4.44. The number of hydrogen-bond donors (Lipinski definition) is 1. The summed E-state index contributed by atoms with van der Waals surface area (Å²) < 4.78 is 5.57. The normalized spacial score (nSPS) is 20.6. The maximum atomic E-state index is 12.6. The van der Waals surface area contributed by atoms with Crippen molar-refractivity contribution in [2.24, 2.45) is 5.92 Å². The summed E-state index contributed by atoms with van der Waals surface area (Å²) in [6, 6.07) is 7.85. The number of carbonyl (C=O) groups is 2. The maximum Gasteiger partial charge on any atom is 0.321 e. The summed E-state index contributed by atoms with van der Waals surface area (Å²) in [5.41, 5.74) is 1.56. The van der Waals surface area contributed by atoms with Gasteiger partial charge in [0, 0.05) is 49.6 Å². The second-order valence-electron chi connectivity index (χ2n) is 7.97. The molecule has 1 aliphatic carbocycles. The summed E-state index contributed by atoms with van der Waals surface area (Å²) in [6.07, 6.45) is 5.26. The van der Waals surface area contributed by atoms with E-state index in [0.29, 0.717) is 19.0 Å². The Labute approximate surface area is 159 Å². The molecule has 1 unspecified atom stereocenters. The number of amides is 3. The smallest absolute Gasteiger partial charge is 0.321 e. The third-order valence-electron chi connectivity index (χ3n) is 5.77. The van der Waals surface area contributed by atoms with Gasteiger partial charge in [-0.15, -0.1) is 0 Å². The molecule has 0 spiro atoms. The first-order valence-electron chi connectivity index (χ1n) is 9.81. The summed E-state index contributed by atoms with van der Waals surface area (Å²) in [6.45, 7) is 3.28. The van der Waals surface area contributed by atoms with Gasteiger partial charge in [-0.05, 0) is 44.0 Å². The number of urea groups is 1. The molecular weight excluding hydrogens is 342 g/mol. The quantitative estimate of drug-likeness (QED) is 0.886. The predicted octanol–water partition coefficient (Wildman–Crippen LogP) is 4.00. The molecule has 4 rings (SSSR count). The minimum Gasteiger partial charge on any atom is -0.461 e. The zero-order valence-electron chi connectivity index (χ0n) is 16.0. The minimum atomic E-state index is -0.152. The SMILES string of the molecule is Cc1cc2cc(NC(=O)N(C)CC3CC(=O)N(C4CCCC4)C3)ccc2o1. The van der Waals surface area contributed by atoms with Crippen LogP contribution in [-0.2, 0) is 4.79 Å². The summed E-state index contributed by atoms with van der Waals surface area (Å²) in [4.78, 5) is 28.6. The number of carbonyl (C=O) groups excluding carboxylic acids is 2. The Bertz CT molecular complexity index is 853. The summed E-state index contributed by atoms with van der Waals surface area (Å²) in [7, 11) is 1.79. The fourth-order valence-corrected chi connectivity index (χ4v) is 4.44. The maximum absolute atomic E-state index is 12.6. The van der Waals surface area contributed by atoms with Crippen molar-refractivity contribution in [2.45, 2.75) is 45.1 Å². The van der Waals surface area contributed by atoms with Crippen LogP contribution in [0, 0.1) is 12.8 Å². The van der Waals surface area contributed by atoms with E-state index in [1.165, 1.54) is 12.8 Å². The molecule has 0 bridgehead atoms. The largest absolute Gasteiger partial charge is 0.461 e. The lowest BCUT2D eigenvalue weighted by molar-refractivity contribution is -0.129. The second-order valence-corrected chi connectivity index (χ2v) is 7.97. The number of likely N-dealkylation sites (tertiary alicyclic amines) is 1. The highest BCUT2D eigenvalue weighted by molar-refractivity contribution is 5.92. The molecule has 1 saturated heterocycles. The number of anilines is 1. The summed E-state index contributed by atoms with van der Waals surface area (Å²) in [5.74, 6) is 1.32. The van der Waals surface area contributed by atoms with Crippen LogP contribution < -0.4 is 5.32 Å². The van der Waals surface area contributed by atoms with Crippen LogP contribution in [0.3, 0.4) is 0 Å². The third-order valence-corrected chi connectivity index (χ3v) is 5.77. The number of fused-ring (bicyclic) bond motifs is 1. The van der Waals surface area contributed by atoms with Crippen LogP contribution in [0.15, 0.2) is 28.7 Å². The van der Waals surface area contributed by atoms with Crippen molar-refractivity contribution in [3.63, 3.8) is 0 Å². The third kappa shape index (κ3) is 3.80. The molecule has 1 atom stereocenters. The van der Waals surface area contributed by atoms with Gasteiger partial charge in [0.1, 0.15) is 11.3 Å². The van der Waals surface area contributed by atoms with Gasteiger partial charge in [0.2, 0.25) is 5.91 Å². The highest BCUT2D eigenvalue weighted by atomic mass is 16.3. The highest BCUT2D eigenvalue weighted by Gasteiger charge is 2.36. The first-order chi connectivity index (χ1) is 13.0. The molecule has 3 amide bonds. The van der Waals surface area contributed by atoms with Crippen LogP contribution in [0.5, 0.6) is 0 Å². The van der Waals surface area contributed by atoms with E-state index in [0.717, 1.165) is 41.8 Å². The molecule has 144 valence electrons. The molecular formula is C21H27N3O3. The topological polar surface area (TPSA) is 65.8 Å². The molecule has 2 aliphatic rings. The second kappa shape index (κ2) is 7.25. The van der Waals surface area contributed by atoms with E-state index < -0.39 is 0 Å². The molecule has 2 fully saturated rings. The van der Waals surface area contributed by atoms with E-state index in [4.69, 9.17) is 4.42 Å². The van der Waals surface area contributed by atoms with Gasteiger partial charge < -0.3 is 19.5 Å². The molecule has 0 radical (unpaired) electrons. The Hall–Kier alpha value is -2.50. The van der Waals surface area contributed by atoms with Gasteiger partial charge in [0.25, 0.3) is 0 Å². The number of rotatable bonds is 4. The minimum absolute atomic E-state index is 0.152. The first-order valence-corrected chi connectivity index (χ1v) is 9.81. The molecule has 1 saturated carbocycles. The van der Waals surface area contributed by atoms with Crippen LogP contribution in [0.1, 0.15) is 37.9 Å². The summed E-state index contributed by atoms with van der Waals surface area (Å²) in [5, 5.41) is 3.92. The number of benzene rings is 1. The van der Waals surface area contributed by atoms with Crippen molar-refractivity contribution in [3.05, 3.63) is 30.0 Å². The molecule has 6 heteroatoms. The molecule has 1 aromatic carbocycles. The molecule has 6 nitrogen and oxygen atoms in total. The van der Waals surface area contributed by atoms with Crippen molar-refractivity contribution in [2.75, 3.05) is 25.5 Å². The number of hydrogen-bond acceptors (Lipinski definition) is 3. The van der Waals surface area contributed by atoms with Gasteiger partial charge in [0.15, 0.2) is 0 Å². The first kappa shape index (κ1) is 17.9. The average molecular weight is 369 g/mol. The number of nitrogens with one attached hydrogen (secondary N) is 1. The van der Waals surface area contributed by atoms with E-state index in [1.807, 2.05) is 31.2 Å². The zero-order chi connectivity index (χ0) is 19.0. The summed E-state index contributed by atoms with van der Waals surface area (Å²) >= 11 is 0. The van der Waals surface area contributed by atoms with Crippen LogP contribution in [0.4, 0.5) is 10.5 Å². The Morgan fingerprint density at radius 2 is 2.07 bits per heavy atom. The molecule has 2 aromatic rings. The van der Waals surface area contributed by atoms with Crippen LogP contribution in [0.25, 0.3) is 11.0 Å². The van der Waals surface area contributed by atoms with E-state index in [-0.39, 0.29) is 17.9 Å². The fraction of sp³-hybridized carbons (Fsp3) is 0.524. The molecule has 2 heterocycles. The van der Waals surface area contributed by atoms with E-state index in [2.05, 4.69) is 10.2 Å². The van der Waals surface area contributed by atoms with E-state index in [9.17, 15) is 9.59 Å².